The van der Waals surface area contributed by atoms with E-state index in [2.05, 4.69) is 25.3 Å². The zero-order valence-electron chi connectivity index (χ0n) is 16.5. The van der Waals surface area contributed by atoms with Gasteiger partial charge in [-0.3, -0.25) is 4.90 Å². The Kier molecular flexibility index (Phi) is 4.85. The summed E-state index contributed by atoms with van der Waals surface area (Å²) in [6.45, 7) is 3.76. The van der Waals surface area contributed by atoms with Crippen LogP contribution >= 0.6 is 0 Å². The number of para-hydroxylation sites is 1. The number of alkyl halides is 3. The lowest BCUT2D eigenvalue weighted by atomic mass is 10.2. The number of aromatic nitrogens is 4. The molecular weight excluding hydrogens is 409 g/mol. The van der Waals surface area contributed by atoms with Crippen molar-refractivity contribution in [2.45, 2.75) is 12.7 Å². The highest BCUT2D eigenvalue weighted by Gasteiger charge is 2.30. The lowest BCUT2D eigenvalue weighted by molar-refractivity contribution is -0.137. The Bertz CT molecular complexity index is 1190. The molecule has 0 saturated carbocycles. The predicted molar refractivity (Wildman–Crippen MR) is 108 cm³/mol. The second kappa shape index (κ2) is 7.69. The molecule has 0 spiro atoms. The summed E-state index contributed by atoms with van der Waals surface area (Å²) < 4.78 is 45.6. The van der Waals surface area contributed by atoms with Crippen molar-refractivity contribution in [2.75, 3.05) is 31.1 Å². The van der Waals surface area contributed by atoms with Crippen LogP contribution in [0.2, 0.25) is 0 Å². The minimum atomic E-state index is -4.39. The van der Waals surface area contributed by atoms with Crippen molar-refractivity contribution >= 4 is 16.8 Å². The third-order valence-corrected chi connectivity index (χ3v) is 5.39. The maximum Gasteiger partial charge on any atom is 0.416 e. The highest BCUT2D eigenvalue weighted by atomic mass is 19.4. The minimum absolute atomic E-state index is 0.330. The first-order valence-corrected chi connectivity index (χ1v) is 9.88. The molecule has 0 atom stereocenters. The van der Waals surface area contributed by atoms with Gasteiger partial charge in [0.15, 0.2) is 11.4 Å². The van der Waals surface area contributed by atoms with Gasteiger partial charge in [0.05, 0.1) is 28.5 Å². The molecule has 1 aliphatic rings. The molecule has 1 aliphatic heterocycles. The zero-order valence-corrected chi connectivity index (χ0v) is 16.5. The van der Waals surface area contributed by atoms with Gasteiger partial charge in [-0.05, 0) is 30.3 Å². The van der Waals surface area contributed by atoms with Crippen molar-refractivity contribution in [1.82, 2.24) is 25.1 Å². The molecule has 0 aliphatic carbocycles. The lowest BCUT2D eigenvalue weighted by Gasteiger charge is -2.34. The zero-order chi connectivity index (χ0) is 21.4. The Labute approximate surface area is 175 Å². The first-order valence-electron chi connectivity index (χ1n) is 9.88. The molecule has 0 unspecified atom stereocenters. The third kappa shape index (κ3) is 3.98. The maximum atomic E-state index is 13.0. The van der Waals surface area contributed by atoms with Crippen LogP contribution in [0.5, 0.6) is 0 Å². The van der Waals surface area contributed by atoms with Crippen LogP contribution in [-0.4, -0.2) is 51.2 Å². The number of halogens is 3. The Balaban J connectivity index is 1.23. The molecule has 1 saturated heterocycles. The van der Waals surface area contributed by atoms with Crippen molar-refractivity contribution < 1.29 is 17.7 Å². The highest BCUT2D eigenvalue weighted by molar-refractivity contribution is 5.88. The quantitative estimate of drug-likeness (QED) is 0.493. The number of anilines is 1. The summed E-state index contributed by atoms with van der Waals surface area (Å²) in [5.41, 5.74) is 1.10. The maximum absolute atomic E-state index is 13.0. The van der Waals surface area contributed by atoms with Gasteiger partial charge in [-0.25, -0.2) is 4.68 Å². The van der Waals surface area contributed by atoms with Gasteiger partial charge in [-0.2, -0.15) is 13.2 Å². The van der Waals surface area contributed by atoms with Crippen LogP contribution in [0.15, 0.2) is 59.3 Å². The second-order valence-corrected chi connectivity index (χ2v) is 7.47. The Morgan fingerprint density at radius 3 is 2.58 bits per heavy atom. The van der Waals surface area contributed by atoms with E-state index in [-0.39, 0.29) is 0 Å². The summed E-state index contributed by atoms with van der Waals surface area (Å²) in [5, 5.41) is 13.4. The van der Waals surface area contributed by atoms with Crippen LogP contribution in [0.3, 0.4) is 0 Å². The molecule has 4 aromatic rings. The second-order valence-electron chi connectivity index (χ2n) is 7.47. The van der Waals surface area contributed by atoms with Gasteiger partial charge in [-0.15, -0.1) is 5.10 Å². The van der Waals surface area contributed by atoms with Gasteiger partial charge in [0, 0.05) is 32.7 Å². The molecule has 31 heavy (non-hydrogen) atoms. The predicted octanol–water partition coefficient (Wildman–Crippen LogP) is 3.75. The number of fused-ring (bicyclic) bond motifs is 1. The van der Waals surface area contributed by atoms with Crippen molar-refractivity contribution in [2.24, 2.45) is 0 Å². The summed E-state index contributed by atoms with van der Waals surface area (Å²) in [4.78, 5) is 4.43. The molecular formula is C21H19F3N6O. The van der Waals surface area contributed by atoms with Crippen molar-refractivity contribution in [3.63, 3.8) is 0 Å². The first-order chi connectivity index (χ1) is 15.0. The smallest absolute Gasteiger partial charge is 0.354 e. The molecule has 160 valence electrons. The van der Waals surface area contributed by atoms with Crippen LogP contribution in [0.25, 0.3) is 16.7 Å². The van der Waals surface area contributed by atoms with E-state index in [1.54, 1.807) is 12.3 Å². The van der Waals surface area contributed by atoms with Gasteiger partial charge in [0.25, 0.3) is 0 Å². The third-order valence-electron chi connectivity index (χ3n) is 5.39. The van der Waals surface area contributed by atoms with Crippen LogP contribution in [0.4, 0.5) is 19.0 Å². The fourth-order valence-electron chi connectivity index (χ4n) is 3.77. The van der Waals surface area contributed by atoms with E-state index in [1.807, 2.05) is 24.3 Å². The minimum Gasteiger partial charge on any atom is -0.354 e. The summed E-state index contributed by atoms with van der Waals surface area (Å²) in [7, 11) is 0. The highest BCUT2D eigenvalue weighted by Crippen LogP contribution is 2.30. The first kappa shape index (κ1) is 19.6. The van der Waals surface area contributed by atoms with E-state index in [4.69, 9.17) is 4.52 Å². The summed E-state index contributed by atoms with van der Waals surface area (Å²) >= 11 is 0. The summed E-state index contributed by atoms with van der Waals surface area (Å²) in [5.74, 6) is 0.853. The van der Waals surface area contributed by atoms with Gasteiger partial charge in [0.2, 0.25) is 0 Å². The number of piperazine rings is 1. The van der Waals surface area contributed by atoms with E-state index < -0.39 is 11.7 Å². The molecule has 0 radical (unpaired) electrons. The molecule has 10 heteroatoms. The van der Waals surface area contributed by atoms with Crippen molar-refractivity contribution in [1.29, 1.82) is 0 Å². The number of hydrogen-bond acceptors (Lipinski definition) is 6. The number of benzene rings is 2. The fraction of sp³-hybridized carbons (Fsp3) is 0.286. The standard InChI is InChI=1S/C21H19F3N6O/c22-21(23,24)15-4-3-5-17(12-15)30-14-16(25-27-30)13-28-8-10-29(11-9-28)20-18-6-1-2-7-19(18)31-26-20/h1-7,12,14H,8-11,13H2. The van der Waals surface area contributed by atoms with Crippen molar-refractivity contribution in [3.05, 3.63) is 66.0 Å². The van der Waals surface area contributed by atoms with Gasteiger partial charge in [0.1, 0.15) is 0 Å². The molecule has 0 N–H and O–H groups in total. The normalized spacial score (nSPS) is 15.6. The molecule has 1 fully saturated rings. The molecule has 2 aromatic carbocycles. The van der Waals surface area contributed by atoms with E-state index >= 15 is 0 Å². The van der Waals surface area contributed by atoms with Gasteiger partial charge >= 0.3 is 6.18 Å². The number of hydrogen-bond donors (Lipinski definition) is 0. The summed E-state index contributed by atoms with van der Waals surface area (Å²) in [6, 6.07) is 12.8. The number of rotatable bonds is 4. The Morgan fingerprint density at radius 1 is 0.968 bits per heavy atom. The monoisotopic (exact) mass is 428 g/mol. The van der Waals surface area contributed by atoms with Crippen LogP contribution in [0.1, 0.15) is 11.3 Å². The Morgan fingerprint density at radius 2 is 1.77 bits per heavy atom. The molecule has 3 heterocycles. The van der Waals surface area contributed by atoms with E-state index in [9.17, 15) is 13.2 Å². The molecule has 2 aromatic heterocycles. The Hall–Kier alpha value is -3.40. The van der Waals surface area contributed by atoms with Crippen molar-refractivity contribution in [3.8, 4) is 5.69 Å². The van der Waals surface area contributed by atoms with E-state index in [0.29, 0.717) is 17.9 Å². The molecule has 5 rings (SSSR count). The molecule has 0 amide bonds. The summed E-state index contributed by atoms with van der Waals surface area (Å²) in [6.07, 6.45) is -2.72. The van der Waals surface area contributed by atoms with E-state index in [0.717, 1.165) is 55.1 Å². The molecule has 7 nitrogen and oxygen atoms in total. The fourth-order valence-corrected chi connectivity index (χ4v) is 3.77. The van der Waals surface area contributed by atoms with E-state index in [1.165, 1.54) is 10.7 Å². The average molecular weight is 428 g/mol. The van der Waals surface area contributed by atoms with Gasteiger partial charge in [-0.1, -0.05) is 28.6 Å². The average Bonchev–Trinajstić information content (AvgIpc) is 3.41. The molecule has 0 bridgehead atoms. The van der Waals surface area contributed by atoms with Crippen LogP contribution < -0.4 is 4.90 Å². The van der Waals surface area contributed by atoms with Crippen LogP contribution in [-0.2, 0) is 12.7 Å². The number of nitrogens with zero attached hydrogens (tertiary/aromatic N) is 6. The lowest BCUT2D eigenvalue weighted by Crippen LogP contribution is -2.46. The topological polar surface area (TPSA) is 63.2 Å². The SMILES string of the molecule is FC(F)(F)c1cccc(-n2cc(CN3CCN(c4noc5ccccc45)CC3)nn2)c1. The van der Waals surface area contributed by atoms with Crippen LogP contribution in [0, 0.1) is 0 Å². The van der Waals surface area contributed by atoms with Gasteiger partial charge < -0.3 is 9.42 Å². The largest absolute Gasteiger partial charge is 0.416 e.